The number of hydrogen-bond donors (Lipinski definition) is 0. The fraction of sp³-hybridized carbons (Fsp3) is 0.389. The van der Waals surface area contributed by atoms with Crippen LogP contribution in [-0.2, 0) is 14.3 Å². The van der Waals surface area contributed by atoms with Gasteiger partial charge >= 0.3 is 5.97 Å². The van der Waals surface area contributed by atoms with Gasteiger partial charge in [-0.1, -0.05) is 29.8 Å². The van der Waals surface area contributed by atoms with Crippen molar-refractivity contribution in [3.63, 3.8) is 0 Å². The summed E-state index contributed by atoms with van der Waals surface area (Å²) in [6.07, 6.45) is 2.54. The molecule has 5 nitrogen and oxygen atoms in total. The lowest BCUT2D eigenvalue weighted by atomic mass is 10.1. The molecule has 0 aliphatic carbocycles. The van der Waals surface area contributed by atoms with Crippen molar-refractivity contribution >= 4 is 18.0 Å². The Labute approximate surface area is 136 Å². The molecule has 1 atom stereocenters. The van der Waals surface area contributed by atoms with E-state index in [1.807, 2.05) is 37.3 Å². The number of nitrogens with zero attached hydrogens (tertiary/aromatic N) is 2. The molecule has 0 saturated carbocycles. The van der Waals surface area contributed by atoms with Crippen LogP contribution in [0.3, 0.4) is 0 Å². The lowest BCUT2D eigenvalue weighted by Gasteiger charge is -2.20. The van der Waals surface area contributed by atoms with Gasteiger partial charge in [0.05, 0.1) is 0 Å². The topological polar surface area (TPSA) is 70.4 Å². The second-order valence-electron chi connectivity index (χ2n) is 5.66. The Morgan fingerprint density at radius 3 is 2.43 bits per heavy atom. The van der Waals surface area contributed by atoms with Crippen molar-refractivity contribution in [1.82, 2.24) is 4.90 Å². The molecule has 1 fully saturated rings. The number of aryl methyl sites for hydroxylation is 1. The highest BCUT2D eigenvalue weighted by Gasteiger charge is 2.26. The van der Waals surface area contributed by atoms with Crippen molar-refractivity contribution in [2.75, 3.05) is 13.1 Å². The Morgan fingerprint density at radius 2 is 1.87 bits per heavy atom. The maximum Gasteiger partial charge on any atom is 0.349 e. The minimum absolute atomic E-state index is 0.116. The predicted molar refractivity (Wildman–Crippen MR) is 86.1 cm³/mol. The van der Waals surface area contributed by atoms with E-state index in [1.54, 1.807) is 11.8 Å². The number of ether oxygens (including phenoxy) is 1. The molecule has 1 aliphatic heterocycles. The van der Waals surface area contributed by atoms with Gasteiger partial charge in [-0.25, -0.2) is 4.79 Å². The second kappa shape index (κ2) is 7.59. The van der Waals surface area contributed by atoms with Crippen LogP contribution in [0, 0.1) is 18.3 Å². The third-order valence-corrected chi connectivity index (χ3v) is 3.78. The first-order chi connectivity index (χ1) is 11.0. The van der Waals surface area contributed by atoms with Gasteiger partial charge in [0.2, 0.25) is 0 Å². The fourth-order valence-electron chi connectivity index (χ4n) is 2.44. The van der Waals surface area contributed by atoms with Gasteiger partial charge in [-0.3, -0.25) is 4.79 Å². The standard InChI is InChI=1S/C18H20N2O3/c1-13-5-7-15(8-6-13)11-16(12-19)18(22)23-14(2)17(21)20-9-3-4-10-20/h5-8,11,14H,3-4,9-10H2,1-2H3/b16-11+/t14-/m0/s1. The van der Waals surface area contributed by atoms with E-state index in [0.717, 1.165) is 24.0 Å². The SMILES string of the molecule is Cc1ccc(/C=C(\C#N)C(=O)O[C@@H](C)C(=O)N2CCCC2)cc1. The first kappa shape index (κ1) is 16.8. The van der Waals surface area contributed by atoms with Gasteiger partial charge in [-0.15, -0.1) is 0 Å². The zero-order chi connectivity index (χ0) is 16.8. The Balaban J connectivity index is 2.03. The number of carbonyl (C=O) groups excluding carboxylic acids is 2. The second-order valence-corrected chi connectivity index (χ2v) is 5.66. The molecule has 0 N–H and O–H groups in total. The summed E-state index contributed by atoms with van der Waals surface area (Å²) in [5.41, 5.74) is 1.71. The summed E-state index contributed by atoms with van der Waals surface area (Å²) in [5.74, 6) is -0.975. The van der Waals surface area contributed by atoms with Crippen LogP contribution in [0.2, 0.25) is 0 Å². The Hall–Kier alpha value is -2.61. The van der Waals surface area contributed by atoms with E-state index in [1.165, 1.54) is 6.08 Å². The van der Waals surface area contributed by atoms with E-state index in [4.69, 9.17) is 10.00 Å². The van der Waals surface area contributed by atoms with Crippen LogP contribution in [-0.4, -0.2) is 36.0 Å². The predicted octanol–water partition coefficient (Wildman–Crippen LogP) is 2.46. The molecule has 1 amide bonds. The minimum atomic E-state index is -0.879. The molecule has 1 aliphatic rings. The van der Waals surface area contributed by atoms with Gasteiger partial charge in [0, 0.05) is 13.1 Å². The third kappa shape index (κ3) is 4.43. The van der Waals surface area contributed by atoms with Crippen LogP contribution in [0.4, 0.5) is 0 Å². The van der Waals surface area contributed by atoms with Gasteiger partial charge in [-0.2, -0.15) is 5.26 Å². The highest BCUT2D eigenvalue weighted by Crippen LogP contribution is 2.13. The molecule has 0 aromatic heterocycles. The number of carbonyl (C=O) groups is 2. The summed E-state index contributed by atoms with van der Waals surface area (Å²) < 4.78 is 5.15. The van der Waals surface area contributed by atoms with Crippen molar-refractivity contribution in [1.29, 1.82) is 5.26 Å². The molecule has 5 heteroatoms. The maximum absolute atomic E-state index is 12.1. The molecule has 1 saturated heterocycles. The Kier molecular flexibility index (Phi) is 5.53. The number of benzene rings is 1. The van der Waals surface area contributed by atoms with E-state index in [-0.39, 0.29) is 11.5 Å². The first-order valence-electron chi connectivity index (χ1n) is 7.69. The number of nitriles is 1. The van der Waals surface area contributed by atoms with Crippen LogP contribution >= 0.6 is 0 Å². The van der Waals surface area contributed by atoms with Crippen LogP contribution < -0.4 is 0 Å². The summed E-state index contributed by atoms with van der Waals surface area (Å²) in [4.78, 5) is 25.9. The molecule has 1 heterocycles. The van der Waals surface area contributed by atoms with E-state index in [0.29, 0.717) is 13.1 Å². The maximum atomic E-state index is 12.1. The molecule has 0 bridgehead atoms. The molecule has 2 rings (SSSR count). The molecule has 0 spiro atoms. The quantitative estimate of drug-likeness (QED) is 0.486. The molecule has 1 aromatic rings. The number of rotatable bonds is 4. The Morgan fingerprint density at radius 1 is 1.26 bits per heavy atom. The highest BCUT2D eigenvalue weighted by atomic mass is 16.5. The normalized spacial score (nSPS) is 15.9. The molecular weight excluding hydrogens is 292 g/mol. The number of amides is 1. The van der Waals surface area contributed by atoms with Gasteiger partial charge in [-0.05, 0) is 38.3 Å². The van der Waals surface area contributed by atoms with Crippen molar-refractivity contribution in [3.05, 3.63) is 41.0 Å². The molecule has 23 heavy (non-hydrogen) atoms. The van der Waals surface area contributed by atoms with Crippen molar-refractivity contribution in [2.45, 2.75) is 32.8 Å². The average molecular weight is 312 g/mol. The van der Waals surface area contributed by atoms with Gasteiger partial charge in [0.1, 0.15) is 11.6 Å². The van der Waals surface area contributed by atoms with Crippen molar-refractivity contribution < 1.29 is 14.3 Å². The molecule has 0 radical (unpaired) electrons. The molecule has 0 unspecified atom stereocenters. The molecule has 120 valence electrons. The zero-order valence-electron chi connectivity index (χ0n) is 13.4. The lowest BCUT2D eigenvalue weighted by molar-refractivity contribution is -0.155. The van der Waals surface area contributed by atoms with Crippen molar-refractivity contribution in [2.24, 2.45) is 0 Å². The Bertz CT molecular complexity index is 650. The van der Waals surface area contributed by atoms with Crippen LogP contribution in [0.5, 0.6) is 0 Å². The monoisotopic (exact) mass is 312 g/mol. The number of likely N-dealkylation sites (tertiary alicyclic amines) is 1. The van der Waals surface area contributed by atoms with E-state index >= 15 is 0 Å². The van der Waals surface area contributed by atoms with E-state index < -0.39 is 12.1 Å². The summed E-state index contributed by atoms with van der Waals surface area (Å²) in [6, 6.07) is 9.27. The number of hydrogen-bond acceptors (Lipinski definition) is 4. The van der Waals surface area contributed by atoms with Crippen LogP contribution in [0.1, 0.15) is 30.9 Å². The van der Waals surface area contributed by atoms with Gasteiger partial charge in [0.15, 0.2) is 6.10 Å². The highest BCUT2D eigenvalue weighted by molar-refractivity contribution is 5.99. The van der Waals surface area contributed by atoms with Crippen molar-refractivity contribution in [3.8, 4) is 6.07 Å². The summed E-state index contributed by atoms with van der Waals surface area (Å²) >= 11 is 0. The first-order valence-corrected chi connectivity index (χ1v) is 7.69. The fourth-order valence-corrected chi connectivity index (χ4v) is 2.44. The lowest BCUT2D eigenvalue weighted by Crippen LogP contribution is -2.38. The average Bonchev–Trinajstić information content (AvgIpc) is 3.07. The zero-order valence-corrected chi connectivity index (χ0v) is 13.4. The van der Waals surface area contributed by atoms with Gasteiger partial charge < -0.3 is 9.64 Å². The van der Waals surface area contributed by atoms with Crippen LogP contribution in [0.15, 0.2) is 29.8 Å². The summed E-state index contributed by atoms with van der Waals surface area (Å²) in [6.45, 7) is 4.90. The molecular formula is C18H20N2O3. The minimum Gasteiger partial charge on any atom is -0.448 e. The van der Waals surface area contributed by atoms with Gasteiger partial charge in [0.25, 0.3) is 5.91 Å². The summed E-state index contributed by atoms with van der Waals surface area (Å²) in [5, 5.41) is 9.16. The third-order valence-electron chi connectivity index (χ3n) is 3.78. The smallest absolute Gasteiger partial charge is 0.349 e. The van der Waals surface area contributed by atoms with E-state index in [2.05, 4.69) is 0 Å². The molecule has 1 aromatic carbocycles. The van der Waals surface area contributed by atoms with E-state index in [9.17, 15) is 9.59 Å². The summed E-state index contributed by atoms with van der Waals surface area (Å²) in [7, 11) is 0. The number of esters is 1. The largest absolute Gasteiger partial charge is 0.448 e. The van der Waals surface area contributed by atoms with Crippen LogP contribution in [0.25, 0.3) is 6.08 Å².